The first kappa shape index (κ1) is 35.3. The van der Waals surface area contributed by atoms with Crippen molar-refractivity contribution in [3.05, 3.63) is 71.3 Å². The van der Waals surface area contributed by atoms with Gasteiger partial charge in [0.2, 0.25) is 11.8 Å². The first-order valence-electron chi connectivity index (χ1n) is 15.2. The number of methoxy groups -OCH3 is 1. The summed E-state index contributed by atoms with van der Waals surface area (Å²) >= 11 is 0. The van der Waals surface area contributed by atoms with Gasteiger partial charge in [0.25, 0.3) is 0 Å². The number of nitrogens with zero attached hydrogens (tertiary/aromatic N) is 1. The summed E-state index contributed by atoms with van der Waals surface area (Å²) in [5.41, 5.74) is 1.68. The molecule has 2 N–H and O–H groups in total. The van der Waals surface area contributed by atoms with Crippen LogP contribution in [0.4, 0.5) is 4.79 Å². The van der Waals surface area contributed by atoms with E-state index in [-0.39, 0.29) is 19.5 Å². The molecule has 2 aromatic rings. The fraction of sp³-hybridized carbons (Fsp3) is 0.529. The van der Waals surface area contributed by atoms with Crippen molar-refractivity contribution in [1.82, 2.24) is 15.5 Å². The number of rotatable bonds is 16. The van der Waals surface area contributed by atoms with Gasteiger partial charge in [0.05, 0.1) is 7.11 Å². The molecule has 3 amide bonds. The van der Waals surface area contributed by atoms with Crippen molar-refractivity contribution in [3.63, 3.8) is 0 Å². The fourth-order valence-corrected chi connectivity index (χ4v) is 4.68. The van der Waals surface area contributed by atoms with Crippen LogP contribution in [0, 0.1) is 6.92 Å². The average molecular weight is 596 g/mol. The van der Waals surface area contributed by atoms with Crippen LogP contribution in [0.5, 0.6) is 0 Å². The van der Waals surface area contributed by atoms with E-state index >= 15 is 0 Å². The predicted octanol–water partition coefficient (Wildman–Crippen LogP) is 5.65. The van der Waals surface area contributed by atoms with Crippen molar-refractivity contribution in [2.24, 2.45) is 0 Å². The minimum Gasteiger partial charge on any atom is -0.468 e. The van der Waals surface area contributed by atoms with Crippen LogP contribution < -0.4 is 10.6 Å². The summed E-state index contributed by atoms with van der Waals surface area (Å²) in [5, 5.41) is 5.42. The molecule has 0 heterocycles. The molecular formula is C34H49N3O6. The molecule has 9 nitrogen and oxygen atoms in total. The standard InChI is InChI=1S/C34H49N3O6/c1-7-8-9-10-11-15-22-37(30(27-20-18-25(2)19-21-27)31(39)35-24-29(38)42-6)32(40)28(23-26-16-13-12-14-17-26)36-33(41)43-34(3,4)5/h12-14,16-21,28,30H,7-11,15,22-24H2,1-6H3,(H,35,39)(H,36,41). The molecule has 0 saturated carbocycles. The number of alkyl carbamates (subject to hydrolysis) is 1. The van der Waals surface area contributed by atoms with Gasteiger partial charge >= 0.3 is 12.1 Å². The molecule has 2 unspecified atom stereocenters. The van der Waals surface area contributed by atoms with Crippen LogP contribution in [0.3, 0.4) is 0 Å². The maximum Gasteiger partial charge on any atom is 0.408 e. The first-order valence-corrected chi connectivity index (χ1v) is 15.2. The zero-order valence-corrected chi connectivity index (χ0v) is 26.6. The third kappa shape index (κ3) is 12.9. The topological polar surface area (TPSA) is 114 Å². The fourth-order valence-electron chi connectivity index (χ4n) is 4.68. The number of hydrogen-bond acceptors (Lipinski definition) is 6. The largest absolute Gasteiger partial charge is 0.468 e. The van der Waals surface area contributed by atoms with Crippen LogP contribution >= 0.6 is 0 Å². The summed E-state index contributed by atoms with van der Waals surface area (Å²) in [5.74, 6) is -1.52. The van der Waals surface area contributed by atoms with Crippen molar-refractivity contribution in [2.45, 2.75) is 97.2 Å². The van der Waals surface area contributed by atoms with E-state index in [1.54, 1.807) is 20.8 Å². The highest BCUT2D eigenvalue weighted by molar-refractivity contribution is 5.93. The number of hydrogen-bond donors (Lipinski definition) is 2. The number of esters is 1. The Bertz CT molecular complexity index is 1160. The molecular weight excluding hydrogens is 546 g/mol. The van der Waals surface area contributed by atoms with Crippen molar-refractivity contribution >= 4 is 23.9 Å². The van der Waals surface area contributed by atoms with E-state index in [4.69, 9.17) is 9.47 Å². The Morgan fingerprint density at radius 2 is 1.51 bits per heavy atom. The second kappa shape index (κ2) is 17.9. The van der Waals surface area contributed by atoms with Crippen LogP contribution in [-0.4, -0.2) is 60.6 Å². The lowest BCUT2D eigenvalue weighted by atomic mass is 9.99. The summed E-state index contributed by atoms with van der Waals surface area (Å²) in [4.78, 5) is 54.6. The maximum absolute atomic E-state index is 14.5. The molecule has 0 spiro atoms. The zero-order chi connectivity index (χ0) is 31.8. The number of ether oxygens (including phenoxy) is 2. The monoisotopic (exact) mass is 595 g/mol. The SMILES string of the molecule is CCCCCCCCN(C(=O)C(Cc1ccccc1)NC(=O)OC(C)(C)C)C(C(=O)NCC(=O)OC)c1ccc(C)cc1. The Balaban J connectivity index is 2.51. The number of benzene rings is 2. The Labute approximate surface area is 256 Å². The van der Waals surface area contributed by atoms with E-state index in [1.807, 2.05) is 61.5 Å². The van der Waals surface area contributed by atoms with Crippen LogP contribution in [0.2, 0.25) is 0 Å². The molecule has 43 heavy (non-hydrogen) atoms. The smallest absolute Gasteiger partial charge is 0.408 e. The van der Waals surface area contributed by atoms with Gasteiger partial charge in [0.1, 0.15) is 24.2 Å². The minimum atomic E-state index is -1.04. The van der Waals surface area contributed by atoms with Gasteiger partial charge in [-0.25, -0.2) is 4.79 Å². The van der Waals surface area contributed by atoms with Crippen molar-refractivity contribution in [1.29, 1.82) is 0 Å². The van der Waals surface area contributed by atoms with Crippen LogP contribution in [0.1, 0.15) is 89.0 Å². The van der Waals surface area contributed by atoms with Gasteiger partial charge < -0.3 is 25.0 Å². The Morgan fingerprint density at radius 1 is 0.884 bits per heavy atom. The van der Waals surface area contributed by atoms with Crippen LogP contribution in [-0.2, 0) is 30.3 Å². The summed E-state index contributed by atoms with van der Waals surface area (Å²) in [6.45, 7) is 9.32. The summed E-state index contributed by atoms with van der Waals surface area (Å²) in [6, 6.07) is 14.7. The van der Waals surface area contributed by atoms with Gasteiger partial charge in [-0.15, -0.1) is 0 Å². The van der Waals surface area contributed by atoms with Gasteiger partial charge in [-0.05, 0) is 45.2 Å². The van der Waals surface area contributed by atoms with E-state index in [9.17, 15) is 19.2 Å². The predicted molar refractivity (Wildman–Crippen MR) is 167 cm³/mol. The quantitative estimate of drug-likeness (QED) is 0.192. The number of nitrogens with one attached hydrogen (secondary N) is 2. The van der Waals surface area contributed by atoms with Gasteiger partial charge in [0.15, 0.2) is 0 Å². The van der Waals surface area contributed by atoms with Crippen molar-refractivity contribution in [3.8, 4) is 0 Å². The Morgan fingerprint density at radius 3 is 2.12 bits per heavy atom. The average Bonchev–Trinajstić information content (AvgIpc) is 2.96. The third-order valence-electron chi connectivity index (χ3n) is 6.90. The molecule has 0 aliphatic carbocycles. The van der Waals surface area contributed by atoms with Gasteiger partial charge in [-0.2, -0.15) is 0 Å². The van der Waals surface area contributed by atoms with Crippen molar-refractivity contribution < 1.29 is 28.7 Å². The third-order valence-corrected chi connectivity index (χ3v) is 6.90. The van der Waals surface area contributed by atoms with Crippen LogP contribution in [0.25, 0.3) is 0 Å². The molecule has 0 aromatic heterocycles. The van der Waals surface area contributed by atoms with Gasteiger partial charge in [-0.1, -0.05) is 99.2 Å². The molecule has 0 radical (unpaired) electrons. The Kier molecular flexibility index (Phi) is 14.7. The number of carbonyl (C=O) groups excluding carboxylic acids is 4. The highest BCUT2D eigenvalue weighted by Gasteiger charge is 2.36. The lowest BCUT2D eigenvalue weighted by Crippen LogP contribution is -2.54. The van der Waals surface area contributed by atoms with E-state index in [2.05, 4.69) is 17.6 Å². The number of aryl methyl sites for hydroxylation is 1. The highest BCUT2D eigenvalue weighted by atomic mass is 16.6. The van der Waals surface area contributed by atoms with Crippen molar-refractivity contribution in [2.75, 3.05) is 20.2 Å². The minimum absolute atomic E-state index is 0.205. The molecule has 0 aliphatic heterocycles. The van der Waals surface area contributed by atoms with E-state index in [0.29, 0.717) is 12.0 Å². The van der Waals surface area contributed by atoms with Gasteiger partial charge in [0, 0.05) is 13.0 Å². The maximum atomic E-state index is 14.5. The molecule has 2 aromatic carbocycles. The lowest BCUT2D eigenvalue weighted by Gasteiger charge is -2.34. The zero-order valence-electron chi connectivity index (χ0n) is 26.6. The van der Waals surface area contributed by atoms with E-state index < -0.39 is 41.6 Å². The molecule has 236 valence electrons. The molecule has 0 aliphatic rings. The highest BCUT2D eigenvalue weighted by Crippen LogP contribution is 2.25. The van der Waals surface area contributed by atoms with Gasteiger partial charge in [-0.3, -0.25) is 14.4 Å². The first-order chi connectivity index (χ1) is 20.4. The molecule has 2 rings (SSSR count). The number of unbranched alkanes of at least 4 members (excludes halogenated alkanes) is 5. The molecule has 0 saturated heterocycles. The number of amides is 3. The van der Waals surface area contributed by atoms with E-state index in [0.717, 1.165) is 43.2 Å². The second-order valence-corrected chi connectivity index (χ2v) is 11.8. The molecule has 0 bridgehead atoms. The van der Waals surface area contributed by atoms with E-state index in [1.165, 1.54) is 12.0 Å². The number of carbonyl (C=O) groups is 4. The van der Waals surface area contributed by atoms with Crippen LogP contribution in [0.15, 0.2) is 54.6 Å². The molecule has 9 heteroatoms. The lowest BCUT2D eigenvalue weighted by molar-refractivity contribution is -0.144. The summed E-state index contributed by atoms with van der Waals surface area (Å²) < 4.78 is 10.2. The normalized spacial score (nSPS) is 12.5. The Hall–Kier alpha value is -3.88. The summed E-state index contributed by atoms with van der Waals surface area (Å²) in [7, 11) is 1.25. The second-order valence-electron chi connectivity index (χ2n) is 11.8. The molecule has 0 fully saturated rings. The summed E-state index contributed by atoms with van der Waals surface area (Å²) in [6.07, 6.45) is 5.43. The molecule has 2 atom stereocenters.